The molecular formula is C52H60F2N2O11. The number of alkyl halides is 2. The van der Waals surface area contributed by atoms with Crippen LogP contribution >= 0.6 is 0 Å². The maximum absolute atomic E-state index is 17.8. The number of ether oxygens (including phenoxy) is 4. The number of halogens is 2. The molecular weight excluding hydrogens is 867 g/mol. The van der Waals surface area contributed by atoms with Gasteiger partial charge in [-0.2, -0.15) is 0 Å². The average molecular weight is 927 g/mol. The van der Waals surface area contributed by atoms with Crippen molar-refractivity contribution < 1.29 is 61.9 Å². The van der Waals surface area contributed by atoms with Crippen molar-refractivity contribution >= 4 is 29.3 Å². The Labute approximate surface area is 389 Å². The van der Waals surface area contributed by atoms with E-state index < -0.39 is 82.8 Å². The first-order valence-corrected chi connectivity index (χ1v) is 23.3. The van der Waals surface area contributed by atoms with Crippen LogP contribution in [0.25, 0.3) is 0 Å². The van der Waals surface area contributed by atoms with Gasteiger partial charge in [0.1, 0.15) is 18.6 Å². The third-order valence-corrected chi connectivity index (χ3v) is 15.2. The molecule has 2 aromatic carbocycles. The van der Waals surface area contributed by atoms with Gasteiger partial charge in [0, 0.05) is 73.4 Å². The van der Waals surface area contributed by atoms with Crippen LogP contribution in [0, 0.1) is 22.7 Å². The van der Waals surface area contributed by atoms with Crippen LogP contribution in [0.3, 0.4) is 0 Å². The number of nitrogens with zero attached hydrogens (tertiary/aromatic N) is 1. The van der Waals surface area contributed by atoms with Gasteiger partial charge in [-0.05, 0) is 72.8 Å². The van der Waals surface area contributed by atoms with E-state index in [4.69, 9.17) is 18.9 Å². The molecule has 3 saturated carbocycles. The highest BCUT2D eigenvalue weighted by molar-refractivity contribution is 6.13. The molecule has 0 unspecified atom stereocenters. The molecule has 2 aliphatic heterocycles. The lowest BCUT2D eigenvalue weighted by Gasteiger charge is -2.63. The lowest BCUT2D eigenvalue weighted by molar-refractivity contribution is -0.235. The Balaban J connectivity index is 0.787. The van der Waals surface area contributed by atoms with Gasteiger partial charge in [-0.25, -0.2) is 8.78 Å². The number of amides is 3. The summed E-state index contributed by atoms with van der Waals surface area (Å²) in [5.41, 5.74) is -2.15. The molecule has 358 valence electrons. The zero-order valence-electron chi connectivity index (χ0n) is 38.1. The number of aliphatic hydroxyl groups excluding tert-OH is 2. The van der Waals surface area contributed by atoms with Crippen LogP contribution in [0.4, 0.5) is 8.78 Å². The fourth-order valence-corrected chi connectivity index (χ4v) is 11.8. The first kappa shape index (κ1) is 48.4. The largest absolute Gasteiger partial charge is 0.390 e. The number of ketones is 2. The van der Waals surface area contributed by atoms with E-state index in [2.05, 4.69) is 11.9 Å². The fourth-order valence-electron chi connectivity index (χ4n) is 11.8. The smallest absolute Gasteiger partial charge is 0.253 e. The van der Waals surface area contributed by atoms with Crippen LogP contribution < -0.4 is 5.32 Å². The Morgan fingerprint density at radius 2 is 1.64 bits per heavy atom. The van der Waals surface area contributed by atoms with Crippen LogP contribution in [0.2, 0.25) is 0 Å². The van der Waals surface area contributed by atoms with Gasteiger partial charge < -0.3 is 34.5 Å². The summed E-state index contributed by atoms with van der Waals surface area (Å²) in [7, 11) is 0. The number of fused-ring (bicyclic) bond motifs is 7. The first-order chi connectivity index (χ1) is 32.0. The number of hydrogen-bond acceptors (Lipinski definition) is 11. The van der Waals surface area contributed by atoms with Crippen molar-refractivity contribution in [1.82, 2.24) is 10.2 Å². The van der Waals surface area contributed by atoms with E-state index in [1.165, 1.54) is 12.2 Å². The Morgan fingerprint density at radius 1 is 0.925 bits per heavy atom. The Kier molecular flexibility index (Phi) is 14.1. The average Bonchev–Trinajstić information content (AvgIpc) is 3.93. The summed E-state index contributed by atoms with van der Waals surface area (Å²) < 4.78 is 58.2. The quantitative estimate of drug-likeness (QED) is 0.117. The predicted octanol–water partition coefficient (Wildman–Crippen LogP) is 5.26. The molecule has 67 heavy (non-hydrogen) atoms. The number of imide groups is 1. The van der Waals surface area contributed by atoms with Crippen molar-refractivity contribution in [3.05, 3.63) is 119 Å². The number of benzene rings is 2. The molecule has 0 aromatic heterocycles. The van der Waals surface area contributed by atoms with Gasteiger partial charge in [0.2, 0.25) is 5.91 Å². The highest BCUT2D eigenvalue weighted by atomic mass is 19.1. The van der Waals surface area contributed by atoms with Gasteiger partial charge in [-0.3, -0.25) is 28.9 Å². The SMILES string of the molecule is C=C1C=C[C@@]2(C)C(=C1)[C@@H](F)C[C@H]1[C@@H]3C[C@H]4O[C@@H](c5ccc(Cc6cccc(CC(=O)CCOCCOCCCNC(=O)CCN7C(=O)C=CC7=O)c6)cc5)O[C@@]4(C(=O)CO)[C@@]3(C)C[C@H](O)[C@@]12F. The number of rotatable bonds is 20. The third-order valence-electron chi connectivity index (χ3n) is 15.2. The molecule has 4 aliphatic carbocycles. The van der Waals surface area contributed by atoms with E-state index in [1.807, 2.05) is 48.5 Å². The summed E-state index contributed by atoms with van der Waals surface area (Å²) in [6.45, 7) is 8.27. The van der Waals surface area contributed by atoms with E-state index in [-0.39, 0.29) is 68.9 Å². The van der Waals surface area contributed by atoms with Gasteiger partial charge in [-0.1, -0.05) is 80.3 Å². The van der Waals surface area contributed by atoms with Crippen LogP contribution in [-0.4, -0.2) is 120 Å². The number of Topliss-reactive ketones (excluding diaryl/α,β-unsaturated/α-hetero) is 2. The molecule has 4 fully saturated rings. The third kappa shape index (κ3) is 8.94. The van der Waals surface area contributed by atoms with Crippen molar-refractivity contribution in [2.75, 3.05) is 46.1 Å². The molecule has 3 amide bonds. The molecule has 2 heterocycles. The maximum Gasteiger partial charge on any atom is 0.253 e. The fraction of sp³-hybridized carbons (Fsp3) is 0.519. The van der Waals surface area contributed by atoms with Crippen LogP contribution in [-0.2, 0) is 55.8 Å². The molecule has 2 aromatic rings. The lowest BCUT2D eigenvalue weighted by atomic mass is 9.44. The number of aliphatic hydroxyl groups is 2. The minimum Gasteiger partial charge on any atom is -0.390 e. The Bertz CT molecular complexity index is 2350. The number of carbonyl (C=O) groups excluding carboxylic acids is 5. The van der Waals surface area contributed by atoms with Crippen LogP contribution in [0.1, 0.15) is 80.9 Å². The summed E-state index contributed by atoms with van der Waals surface area (Å²) in [6, 6.07) is 15.4. The van der Waals surface area contributed by atoms with E-state index >= 15 is 8.78 Å². The van der Waals surface area contributed by atoms with Crippen molar-refractivity contribution in [2.24, 2.45) is 22.7 Å². The van der Waals surface area contributed by atoms with Crippen molar-refractivity contribution in [3.8, 4) is 0 Å². The van der Waals surface area contributed by atoms with Crippen molar-refractivity contribution in [1.29, 1.82) is 0 Å². The molecule has 8 rings (SSSR count). The van der Waals surface area contributed by atoms with Crippen LogP contribution in [0.5, 0.6) is 0 Å². The molecule has 15 heteroatoms. The minimum atomic E-state index is -2.22. The zero-order chi connectivity index (χ0) is 47.7. The van der Waals surface area contributed by atoms with Gasteiger partial charge in [-0.15, -0.1) is 0 Å². The predicted molar refractivity (Wildman–Crippen MR) is 240 cm³/mol. The second kappa shape index (κ2) is 19.5. The van der Waals surface area contributed by atoms with E-state index in [0.717, 1.165) is 21.6 Å². The van der Waals surface area contributed by atoms with Crippen molar-refractivity contribution in [3.63, 3.8) is 0 Å². The van der Waals surface area contributed by atoms with Gasteiger partial charge in [0.05, 0.1) is 32.0 Å². The standard InChI is InChI=1S/C52H60F2N2O11/c1-32-14-17-49(2)40(24-32)41(53)28-39-38-29-44-52(43(60)31-57,50(38,3)30-42(59)51(39,49)54)67-48(66-44)36-10-8-33(9-11-36)25-34-6-4-7-35(26-34)27-37(58)16-21-65-23-22-64-20-5-18-55-45(61)15-19-56-46(62)12-13-47(56)63/h4,6-14,17,24,26,38-39,41-42,44,48,57,59H,1,5,15-16,18-23,25,27-31H2,2-3H3,(H,55,61)/t38-,39-,41-,42-,44+,48+,49-,50-,51-,52+/m0/s1. The molecule has 1 saturated heterocycles. The van der Waals surface area contributed by atoms with Crippen molar-refractivity contribution in [2.45, 2.75) is 101 Å². The molecule has 3 N–H and O–H groups in total. The normalized spacial score (nSPS) is 32.7. The Hall–Kier alpha value is -5.03. The zero-order valence-corrected chi connectivity index (χ0v) is 38.1. The first-order valence-electron chi connectivity index (χ1n) is 23.3. The van der Waals surface area contributed by atoms with E-state index in [0.29, 0.717) is 50.3 Å². The molecule has 0 bridgehead atoms. The van der Waals surface area contributed by atoms with Gasteiger partial charge in [0.15, 0.2) is 23.3 Å². The summed E-state index contributed by atoms with van der Waals surface area (Å²) >= 11 is 0. The monoisotopic (exact) mass is 926 g/mol. The van der Waals surface area contributed by atoms with Crippen LogP contribution in [0.15, 0.2) is 96.6 Å². The molecule has 0 radical (unpaired) electrons. The number of nitrogens with one attached hydrogen (secondary N) is 1. The highest BCUT2D eigenvalue weighted by Crippen LogP contribution is 2.72. The number of hydrogen-bond donors (Lipinski definition) is 3. The number of carbonyl (C=O) groups is 5. The second-order valence-electron chi connectivity index (χ2n) is 19.2. The lowest BCUT2D eigenvalue weighted by Crippen LogP contribution is -2.70. The van der Waals surface area contributed by atoms with Gasteiger partial charge >= 0.3 is 0 Å². The molecule has 13 nitrogen and oxygen atoms in total. The van der Waals surface area contributed by atoms with E-state index in [9.17, 15) is 34.2 Å². The second-order valence-corrected chi connectivity index (χ2v) is 19.2. The summed E-state index contributed by atoms with van der Waals surface area (Å²) in [5.74, 6) is -3.19. The van der Waals surface area contributed by atoms with Gasteiger partial charge in [0.25, 0.3) is 11.8 Å². The Morgan fingerprint density at radius 3 is 2.37 bits per heavy atom. The minimum absolute atomic E-state index is 0.0344. The molecule has 6 aliphatic rings. The highest BCUT2D eigenvalue weighted by Gasteiger charge is 2.80. The maximum atomic E-state index is 17.8. The molecule has 10 atom stereocenters. The van der Waals surface area contributed by atoms with E-state index in [1.54, 1.807) is 32.1 Å². The summed E-state index contributed by atoms with van der Waals surface area (Å²) in [5, 5.41) is 24.9. The summed E-state index contributed by atoms with van der Waals surface area (Å²) in [4.78, 5) is 62.9. The topological polar surface area (TPSA) is 178 Å². The summed E-state index contributed by atoms with van der Waals surface area (Å²) in [6.07, 6.45) is 3.96. The molecule has 0 spiro atoms. The number of allylic oxidation sites excluding steroid dienone is 5.